The zero-order valence-electron chi connectivity index (χ0n) is 19.0. The summed E-state index contributed by atoms with van der Waals surface area (Å²) in [6.45, 7) is 1.95. The number of nitrogens with zero attached hydrogens (tertiary/aromatic N) is 3. The van der Waals surface area contributed by atoms with Crippen molar-refractivity contribution in [1.29, 1.82) is 0 Å². The predicted octanol–water partition coefficient (Wildman–Crippen LogP) is 6.02. The molecule has 3 aromatic rings. The van der Waals surface area contributed by atoms with Gasteiger partial charge in [0.1, 0.15) is 5.82 Å². The van der Waals surface area contributed by atoms with E-state index < -0.39 is 0 Å². The summed E-state index contributed by atoms with van der Waals surface area (Å²) in [5.41, 5.74) is 2.69. The van der Waals surface area contributed by atoms with E-state index in [0.29, 0.717) is 33.2 Å². The minimum absolute atomic E-state index is 0.310. The van der Waals surface area contributed by atoms with E-state index in [1.165, 1.54) is 0 Å². The first kappa shape index (κ1) is 23.8. The van der Waals surface area contributed by atoms with E-state index in [9.17, 15) is 0 Å². The van der Waals surface area contributed by atoms with Gasteiger partial charge in [0.25, 0.3) is 0 Å². The lowest BCUT2D eigenvalue weighted by Crippen LogP contribution is -2.42. The Morgan fingerprint density at radius 1 is 1.03 bits per heavy atom. The number of para-hydroxylation sites is 1. The maximum atomic E-state index is 6.33. The first-order valence-electron chi connectivity index (χ1n) is 11.0. The molecule has 1 saturated carbocycles. The lowest BCUT2D eigenvalue weighted by molar-refractivity contribution is 0.387. The van der Waals surface area contributed by atoms with Gasteiger partial charge < -0.3 is 20.9 Å². The van der Waals surface area contributed by atoms with Crippen molar-refractivity contribution in [3.05, 3.63) is 52.0 Å². The Balaban J connectivity index is 1.34. The molecule has 0 amide bonds. The molecule has 6 nitrogen and oxygen atoms in total. The summed E-state index contributed by atoms with van der Waals surface area (Å²) < 4.78 is 0. The van der Waals surface area contributed by atoms with Crippen molar-refractivity contribution < 1.29 is 0 Å². The summed E-state index contributed by atoms with van der Waals surface area (Å²) in [4.78, 5) is 11.5. The SMILES string of the molecule is Cc1cc(Cl)cc(Cl)c1NC(=S)NC1CCC(Nc2nc(N(C)C)c3ccccc3n2)CC1. The molecule has 0 unspecified atom stereocenters. The summed E-state index contributed by atoms with van der Waals surface area (Å²) in [5.74, 6) is 1.60. The van der Waals surface area contributed by atoms with Gasteiger partial charge in [-0.25, -0.2) is 4.98 Å². The van der Waals surface area contributed by atoms with E-state index in [0.717, 1.165) is 53.7 Å². The van der Waals surface area contributed by atoms with Gasteiger partial charge in [0.05, 0.1) is 16.2 Å². The van der Waals surface area contributed by atoms with Crippen molar-refractivity contribution in [2.24, 2.45) is 0 Å². The highest BCUT2D eigenvalue weighted by Crippen LogP contribution is 2.30. The normalized spacial score (nSPS) is 18.1. The highest BCUT2D eigenvalue weighted by Gasteiger charge is 2.23. The number of benzene rings is 2. The molecule has 0 spiro atoms. The van der Waals surface area contributed by atoms with Crippen LogP contribution in [0.25, 0.3) is 10.9 Å². The Morgan fingerprint density at radius 2 is 1.73 bits per heavy atom. The fraction of sp³-hybridized carbons (Fsp3) is 0.375. The van der Waals surface area contributed by atoms with Crippen LogP contribution in [-0.2, 0) is 0 Å². The third-order valence-electron chi connectivity index (χ3n) is 5.89. The second-order valence-corrected chi connectivity index (χ2v) is 9.91. The van der Waals surface area contributed by atoms with Crippen molar-refractivity contribution in [3.63, 3.8) is 0 Å². The van der Waals surface area contributed by atoms with Crippen LogP contribution >= 0.6 is 35.4 Å². The first-order chi connectivity index (χ1) is 15.8. The molecule has 9 heteroatoms. The highest BCUT2D eigenvalue weighted by atomic mass is 35.5. The number of hydrogen-bond acceptors (Lipinski definition) is 5. The number of aromatic nitrogens is 2. The largest absolute Gasteiger partial charge is 0.362 e. The molecular formula is C24H28Cl2N6S. The Morgan fingerprint density at radius 3 is 2.42 bits per heavy atom. The van der Waals surface area contributed by atoms with E-state index in [1.54, 1.807) is 6.07 Å². The molecule has 1 fully saturated rings. The lowest BCUT2D eigenvalue weighted by Gasteiger charge is -2.31. The highest BCUT2D eigenvalue weighted by molar-refractivity contribution is 7.80. The van der Waals surface area contributed by atoms with Crippen molar-refractivity contribution in [2.75, 3.05) is 29.6 Å². The number of thiocarbonyl (C=S) groups is 1. The molecule has 1 aliphatic carbocycles. The van der Waals surface area contributed by atoms with Gasteiger partial charge in [0, 0.05) is 36.6 Å². The third kappa shape index (κ3) is 5.78. The average molecular weight is 504 g/mol. The van der Waals surface area contributed by atoms with Crippen LogP contribution in [0, 0.1) is 6.92 Å². The number of rotatable bonds is 5. The van der Waals surface area contributed by atoms with Crippen molar-refractivity contribution in [1.82, 2.24) is 15.3 Å². The van der Waals surface area contributed by atoms with Crippen molar-refractivity contribution in [3.8, 4) is 0 Å². The molecule has 174 valence electrons. The fourth-order valence-electron chi connectivity index (χ4n) is 4.23. The van der Waals surface area contributed by atoms with Gasteiger partial charge in [0.2, 0.25) is 5.95 Å². The van der Waals surface area contributed by atoms with Crippen LogP contribution < -0.4 is 20.9 Å². The monoisotopic (exact) mass is 502 g/mol. The van der Waals surface area contributed by atoms with Crippen molar-refractivity contribution >= 4 is 68.9 Å². The van der Waals surface area contributed by atoms with Gasteiger partial charge in [-0.05, 0) is 74.7 Å². The zero-order chi connectivity index (χ0) is 23.5. The molecule has 0 radical (unpaired) electrons. The van der Waals surface area contributed by atoms with Crippen LogP contribution in [0.5, 0.6) is 0 Å². The topological polar surface area (TPSA) is 65.1 Å². The molecule has 33 heavy (non-hydrogen) atoms. The lowest BCUT2D eigenvalue weighted by atomic mass is 9.91. The van der Waals surface area contributed by atoms with Crippen LogP contribution in [0.15, 0.2) is 36.4 Å². The molecular weight excluding hydrogens is 475 g/mol. The molecule has 0 bridgehead atoms. The minimum Gasteiger partial charge on any atom is -0.362 e. The average Bonchev–Trinajstić information content (AvgIpc) is 2.77. The fourth-order valence-corrected chi connectivity index (χ4v) is 5.14. The molecule has 3 N–H and O–H groups in total. The summed E-state index contributed by atoms with van der Waals surface area (Å²) >= 11 is 17.9. The van der Waals surface area contributed by atoms with Crippen molar-refractivity contribution in [2.45, 2.75) is 44.7 Å². The Hall–Kier alpha value is -2.35. The summed E-state index contributed by atoms with van der Waals surface area (Å²) in [6.07, 6.45) is 4.02. The Kier molecular flexibility index (Phi) is 7.41. The third-order valence-corrected chi connectivity index (χ3v) is 6.63. The molecule has 1 aromatic heterocycles. The second-order valence-electron chi connectivity index (χ2n) is 8.65. The van der Waals surface area contributed by atoms with Crippen LogP contribution in [0.4, 0.5) is 17.5 Å². The maximum Gasteiger partial charge on any atom is 0.225 e. The van der Waals surface area contributed by atoms with Gasteiger partial charge in [0.15, 0.2) is 5.11 Å². The summed E-state index contributed by atoms with van der Waals surface area (Å²) in [7, 11) is 4.01. The van der Waals surface area contributed by atoms with E-state index in [1.807, 2.05) is 50.2 Å². The predicted molar refractivity (Wildman–Crippen MR) is 144 cm³/mol. The summed E-state index contributed by atoms with van der Waals surface area (Å²) in [6, 6.07) is 12.3. The summed E-state index contributed by atoms with van der Waals surface area (Å²) in [5, 5.41) is 13.0. The Labute approximate surface area is 210 Å². The zero-order valence-corrected chi connectivity index (χ0v) is 21.3. The number of halogens is 2. The number of anilines is 3. The number of hydrogen-bond donors (Lipinski definition) is 3. The minimum atomic E-state index is 0.310. The van der Waals surface area contributed by atoms with Gasteiger partial charge in [-0.15, -0.1) is 0 Å². The van der Waals surface area contributed by atoms with Gasteiger partial charge >= 0.3 is 0 Å². The smallest absolute Gasteiger partial charge is 0.225 e. The molecule has 1 aliphatic rings. The van der Waals surface area contributed by atoms with Crippen LogP contribution in [-0.4, -0.2) is 41.3 Å². The quantitative estimate of drug-likeness (QED) is 0.368. The number of fused-ring (bicyclic) bond motifs is 1. The van der Waals surface area contributed by atoms with E-state index >= 15 is 0 Å². The number of nitrogens with one attached hydrogen (secondary N) is 3. The molecule has 2 aromatic carbocycles. The van der Waals surface area contributed by atoms with Crippen LogP contribution in [0.1, 0.15) is 31.2 Å². The van der Waals surface area contributed by atoms with Gasteiger partial charge in [-0.2, -0.15) is 4.98 Å². The van der Waals surface area contributed by atoms with E-state index in [-0.39, 0.29) is 0 Å². The molecule has 0 saturated heterocycles. The van der Waals surface area contributed by atoms with E-state index in [2.05, 4.69) is 22.0 Å². The number of aryl methyl sites for hydroxylation is 1. The molecule has 4 rings (SSSR count). The maximum absolute atomic E-state index is 6.33. The standard InChI is InChI=1S/C24H28Cl2N6S/c1-14-12-15(25)13-19(26)21(14)30-24(33)28-17-10-8-16(9-11-17)27-23-29-20-7-5-4-6-18(20)22(31-23)32(2)3/h4-7,12-13,16-17H,8-11H2,1-3H3,(H,27,29,31)(H2,28,30,33). The van der Waals surface area contributed by atoms with Gasteiger partial charge in [-0.1, -0.05) is 35.3 Å². The molecule has 0 atom stereocenters. The van der Waals surface area contributed by atoms with E-state index in [4.69, 9.17) is 45.4 Å². The van der Waals surface area contributed by atoms with Gasteiger partial charge in [-0.3, -0.25) is 0 Å². The van der Waals surface area contributed by atoms with Crippen LogP contribution in [0.2, 0.25) is 10.0 Å². The first-order valence-corrected chi connectivity index (χ1v) is 12.2. The Bertz CT molecular complexity index is 1140. The second kappa shape index (κ2) is 10.3. The molecule has 0 aliphatic heterocycles. The molecule has 1 heterocycles. The van der Waals surface area contributed by atoms with Crippen LogP contribution in [0.3, 0.4) is 0 Å².